The molecule has 0 aromatic rings. The molecule has 1 unspecified atom stereocenters. The maximum atomic E-state index is 11.1. The molecule has 1 atom stereocenters. The maximum Gasteiger partial charge on any atom is 0.338 e. The molecule has 0 bridgehead atoms. The monoisotopic (exact) mass is 224 g/mol. The topological polar surface area (TPSA) is 35.5 Å². The van der Waals surface area contributed by atoms with Gasteiger partial charge < -0.3 is 9.47 Å². The lowest BCUT2D eigenvalue weighted by atomic mass is 10.1. The van der Waals surface area contributed by atoms with Gasteiger partial charge in [-0.05, 0) is 36.7 Å². The van der Waals surface area contributed by atoms with Gasteiger partial charge in [-0.3, -0.25) is 0 Å². The minimum atomic E-state index is -0.859. The van der Waals surface area contributed by atoms with Crippen LogP contribution in [0.25, 0.3) is 0 Å². The predicted molar refractivity (Wildman–Crippen MR) is 45.6 cm³/mol. The van der Waals surface area contributed by atoms with Gasteiger partial charge in [0.2, 0.25) is 0 Å². The minimum Gasteiger partial charge on any atom is -0.449 e. The summed E-state index contributed by atoms with van der Waals surface area (Å²) in [6, 6.07) is 0. The predicted octanol–water partition coefficient (Wildman–Crippen LogP) is 1.70. The number of methoxy groups -OCH3 is 1. The molecule has 0 aliphatic heterocycles. The van der Waals surface area contributed by atoms with E-state index in [0.717, 1.165) is 0 Å². The van der Waals surface area contributed by atoms with Crippen LogP contribution >= 0.6 is 15.9 Å². The average Bonchev–Trinajstić information content (AvgIpc) is 1.86. The van der Waals surface area contributed by atoms with E-state index in [1.165, 1.54) is 7.11 Å². The van der Waals surface area contributed by atoms with Gasteiger partial charge >= 0.3 is 5.97 Å². The summed E-state index contributed by atoms with van der Waals surface area (Å²) < 4.78 is 9.76. The maximum absolute atomic E-state index is 11.1. The second-order valence-electron chi connectivity index (χ2n) is 2.66. The molecule has 66 valence electrons. The van der Waals surface area contributed by atoms with Gasteiger partial charge in [-0.1, -0.05) is 0 Å². The van der Waals surface area contributed by atoms with Crippen molar-refractivity contribution in [3.05, 3.63) is 0 Å². The molecule has 0 aromatic carbocycles. The molecule has 3 nitrogen and oxygen atoms in total. The van der Waals surface area contributed by atoms with Crippen molar-refractivity contribution in [1.82, 2.24) is 0 Å². The van der Waals surface area contributed by atoms with Crippen molar-refractivity contribution in [3.63, 3.8) is 0 Å². The molecule has 0 spiro atoms. The number of esters is 1. The zero-order valence-electron chi connectivity index (χ0n) is 7.18. The molecule has 0 amide bonds. The Morgan fingerprint density at radius 2 is 2.00 bits per heavy atom. The highest BCUT2D eigenvalue weighted by Gasteiger charge is 2.29. The van der Waals surface area contributed by atoms with Gasteiger partial charge in [0, 0.05) is 7.11 Å². The molecular formula is C7H13BrO3. The van der Waals surface area contributed by atoms with Gasteiger partial charge in [0.1, 0.15) is 0 Å². The summed E-state index contributed by atoms with van der Waals surface area (Å²) in [5, 5.41) is -0.274. The van der Waals surface area contributed by atoms with Crippen molar-refractivity contribution >= 4 is 21.9 Å². The summed E-state index contributed by atoms with van der Waals surface area (Å²) in [7, 11) is 1.47. The Hall–Kier alpha value is -0.0900. The van der Waals surface area contributed by atoms with Crippen LogP contribution in [-0.2, 0) is 14.3 Å². The Labute approximate surface area is 75.2 Å². The molecule has 4 heteroatoms. The molecule has 0 saturated carbocycles. The smallest absolute Gasteiger partial charge is 0.338 e. The summed E-state index contributed by atoms with van der Waals surface area (Å²) in [5.41, 5.74) is -0.859. The van der Waals surface area contributed by atoms with E-state index in [0.29, 0.717) is 0 Å². The molecule has 0 radical (unpaired) electrons. The van der Waals surface area contributed by atoms with E-state index in [4.69, 9.17) is 9.47 Å². The third-order valence-corrected chi connectivity index (χ3v) is 1.46. The van der Waals surface area contributed by atoms with Crippen molar-refractivity contribution in [3.8, 4) is 0 Å². The number of carbonyl (C=O) groups excluding carboxylic acids is 1. The fourth-order valence-electron chi connectivity index (χ4n) is 0.373. The van der Waals surface area contributed by atoms with Crippen molar-refractivity contribution in [1.29, 1.82) is 0 Å². The van der Waals surface area contributed by atoms with E-state index in [1.807, 2.05) is 0 Å². The van der Waals surface area contributed by atoms with E-state index in [2.05, 4.69) is 15.9 Å². The van der Waals surface area contributed by atoms with Gasteiger partial charge in [-0.2, -0.15) is 0 Å². The highest BCUT2D eigenvalue weighted by Crippen LogP contribution is 2.12. The lowest BCUT2D eigenvalue weighted by molar-refractivity contribution is -0.165. The fourth-order valence-corrected chi connectivity index (χ4v) is 0.542. The minimum absolute atomic E-state index is 0.274. The summed E-state index contributed by atoms with van der Waals surface area (Å²) in [4.78, 5) is 11.1. The third-order valence-electron chi connectivity index (χ3n) is 1.27. The van der Waals surface area contributed by atoms with Gasteiger partial charge in [0.25, 0.3) is 0 Å². The van der Waals surface area contributed by atoms with Gasteiger partial charge in [0.15, 0.2) is 10.6 Å². The van der Waals surface area contributed by atoms with Crippen LogP contribution in [0.1, 0.15) is 20.8 Å². The largest absolute Gasteiger partial charge is 0.449 e. The standard InChI is InChI=1S/C7H13BrO3/c1-5(8)11-6(9)7(2,3)10-4/h5H,1-4H3. The molecule has 0 N–H and O–H groups in total. The van der Waals surface area contributed by atoms with Crippen LogP contribution in [0, 0.1) is 0 Å². The molecule has 0 fully saturated rings. The van der Waals surface area contributed by atoms with E-state index >= 15 is 0 Å². The molecule has 0 heterocycles. The number of rotatable bonds is 3. The summed E-state index contributed by atoms with van der Waals surface area (Å²) in [5.74, 6) is -0.371. The Morgan fingerprint density at radius 3 is 2.27 bits per heavy atom. The number of alkyl halides is 1. The van der Waals surface area contributed by atoms with Gasteiger partial charge in [0.05, 0.1) is 0 Å². The number of carbonyl (C=O) groups is 1. The van der Waals surface area contributed by atoms with Crippen molar-refractivity contribution in [2.75, 3.05) is 7.11 Å². The molecule has 0 saturated heterocycles. The molecule has 0 aromatic heterocycles. The van der Waals surface area contributed by atoms with Crippen LogP contribution in [0.15, 0.2) is 0 Å². The second-order valence-corrected chi connectivity index (χ2v) is 3.95. The van der Waals surface area contributed by atoms with Crippen LogP contribution < -0.4 is 0 Å². The van der Waals surface area contributed by atoms with E-state index in [9.17, 15) is 4.79 Å². The first-order valence-corrected chi connectivity index (χ1v) is 4.22. The number of halogens is 1. The highest BCUT2D eigenvalue weighted by atomic mass is 79.9. The molecule has 0 aliphatic carbocycles. The van der Waals surface area contributed by atoms with Crippen LogP contribution in [0.5, 0.6) is 0 Å². The molecule has 11 heavy (non-hydrogen) atoms. The summed E-state index contributed by atoms with van der Waals surface area (Å²) >= 11 is 3.10. The summed E-state index contributed by atoms with van der Waals surface area (Å²) in [6.07, 6.45) is 0. The third kappa shape index (κ3) is 3.72. The van der Waals surface area contributed by atoms with Crippen LogP contribution in [0.4, 0.5) is 0 Å². The lowest BCUT2D eigenvalue weighted by Crippen LogP contribution is -2.36. The number of ether oxygens (including phenoxy) is 2. The highest BCUT2D eigenvalue weighted by molar-refractivity contribution is 9.09. The zero-order valence-corrected chi connectivity index (χ0v) is 8.77. The van der Waals surface area contributed by atoms with E-state index in [-0.39, 0.29) is 11.0 Å². The number of hydrogen-bond donors (Lipinski definition) is 0. The average molecular weight is 225 g/mol. The van der Waals surface area contributed by atoms with Crippen molar-refractivity contribution in [2.24, 2.45) is 0 Å². The first kappa shape index (κ1) is 10.9. The quantitative estimate of drug-likeness (QED) is 0.541. The van der Waals surface area contributed by atoms with E-state index in [1.54, 1.807) is 20.8 Å². The van der Waals surface area contributed by atoms with E-state index < -0.39 is 5.60 Å². The van der Waals surface area contributed by atoms with Crippen molar-refractivity contribution < 1.29 is 14.3 Å². The molecular weight excluding hydrogens is 212 g/mol. The Morgan fingerprint density at radius 1 is 1.55 bits per heavy atom. The zero-order chi connectivity index (χ0) is 9.07. The Kier molecular flexibility index (Phi) is 4.03. The van der Waals surface area contributed by atoms with Crippen LogP contribution in [0.2, 0.25) is 0 Å². The molecule has 0 aliphatic rings. The lowest BCUT2D eigenvalue weighted by Gasteiger charge is -2.21. The van der Waals surface area contributed by atoms with Gasteiger partial charge in [-0.25, -0.2) is 4.79 Å². The second kappa shape index (κ2) is 4.07. The van der Waals surface area contributed by atoms with Crippen molar-refractivity contribution in [2.45, 2.75) is 31.4 Å². The normalized spacial score (nSPS) is 14.3. The first-order valence-electron chi connectivity index (χ1n) is 3.30. The number of hydrogen-bond acceptors (Lipinski definition) is 3. The first-order chi connectivity index (χ1) is 4.90. The van der Waals surface area contributed by atoms with Crippen LogP contribution in [-0.4, -0.2) is 23.7 Å². The fraction of sp³-hybridized carbons (Fsp3) is 0.857. The van der Waals surface area contributed by atoms with Gasteiger partial charge in [-0.15, -0.1) is 0 Å². The summed E-state index contributed by atoms with van der Waals surface area (Å²) in [6.45, 7) is 5.04. The SMILES string of the molecule is COC(C)(C)C(=O)OC(C)Br. The Bertz CT molecular complexity index is 143. The molecule has 0 rings (SSSR count). The Balaban J connectivity index is 4.02. The van der Waals surface area contributed by atoms with Crippen LogP contribution in [0.3, 0.4) is 0 Å².